The lowest BCUT2D eigenvalue weighted by Gasteiger charge is -2.28. The zero-order valence-electron chi connectivity index (χ0n) is 11.6. The summed E-state index contributed by atoms with van der Waals surface area (Å²) < 4.78 is 1.60. The quantitative estimate of drug-likeness (QED) is 0.738. The van der Waals surface area contributed by atoms with Crippen molar-refractivity contribution in [3.63, 3.8) is 0 Å². The van der Waals surface area contributed by atoms with Crippen molar-refractivity contribution < 1.29 is 0 Å². The highest BCUT2D eigenvalue weighted by Crippen LogP contribution is 2.32. The molecular weight excluding hydrogens is 247 g/mol. The van der Waals surface area contributed by atoms with Crippen LogP contribution < -0.4 is 10.2 Å². The molecule has 1 fully saturated rings. The number of hydrogen-bond acceptors (Lipinski definition) is 1. The van der Waals surface area contributed by atoms with Crippen molar-refractivity contribution in [1.82, 2.24) is 0 Å². The van der Waals surface area contributed by atoms with Crippen molar-refractivity contribution in [3.8, 4) is 0 Å². The van der Waals surface area contributed by atoms with Gasteiger partial charge in [0.1, 0.15) is 0 Å². The molecule has 1 aromatic carbocycles. The van der Waals surface area contributed by atoms with Crippen molar-refractivity contribution in [2.45, 2.75) is 44.8 Å². The Hall–Kier alpha value is -1.02. The van der Waals surface area contributed by atoms with E-state index in [1.54, 1.807) is 4.78 Å². The predicted molar refractivity (Wildman–Crippen MR) is 87.4 cm³/mol. The van der Waals surface area contributed by atoms with E-state index in [0.717, 1.165) is 5.82 Å². The Balaban J connectivity index is 1.98. The first-order chi connectivity index (χ1) is 9.36. The average molecular weight is 268 g/mol. The molecule has 0 unspecified atom stereocenters. The standard InChI is InChI=1S/C17H21BS/c1-14-12-13-19-17(14)18(15-8-4-2-5-9-15)16-10-6-3-7-11-16/h2,4-5,8-9,12-13,16H,3,6-7,10-11H2,1H3. The Bertz CT molecular complexity index is 511. The van der Waals surface area contributed by atoms with E-state index in [4.69, 9.17) is 0 Å². The van der Waals surface area contributed by atoms with Crippen LogP contribution in [-0.4, -0.2) is 6.71 Å². The molecule has 2 heteroatoms. The van der Waals surface area contributed by atoms with Crippen molar-refractivity contribution in [3.05, 3.63) is 47.3 Å². The monoisotopic (exact) mass is 268 g/mol. The van der Waals surface area contributed by atoms with Crippen LogP contribution in [0.5, 0.6) is 0 Å². The molecule has 1 saturated carbocycles. The van der Waals surface area contributed by atoms with Gasteiger partial charge in [-0.05, 0) is 28.7 Å². The van der Waals surface area contributed by atoms with E-state index >= 15 is 0 Å². The summed E-state index contributed by atoms with van der Waals surface area (Å²) in [6.07, 6.45) is 7.06. The second kappa shape index (κ2) is 5.96. The third-order valence-electron chi connectivity index (χ3n) is 4.46. The number of benzene rings is 1. The fraction of sp³-hybridized carbons (Fsp3) is 0.412. The van der Waals surface area contributed by atoms with Gasteiger partial charge in [0.2, 0.25) is 6.71 Å². The largest absolute Gasteiger partial charge is 0.225 e. The fourth-order valence-corrected chi connectivity index (χ4v) is 4.62. The highest BCUT2D eigenvalue weighted by Gasteiger charge is 2.31. The third-order valence-corrected chi connectivity index (χ3v) is 5.57. The molecule has 1 aromatic heterocycles. The summed E-state index contributed by atoms with van der Waals surface area (Å²) >= 11 is 1.95. The van der Waals surface area contributed by atoms with Gasteiger partial charge in [0.05, 0.1) is 0 Å². The Morgan fingerprint density at radius 2 is 1.74 bits per heavy atom. The lowest BCUT2D eigenvalue weighted by atomic mass is 9.34. The summed E-state index contributed by atoms with van der Waals surface area (Å²) in [7, 11) is 0. The average Bonchev–Trinajstić information content (AvgIpc) is 2.88. The van der Waals surface area contributed by atoms with Crippen LogP contribution in [0.25, 0.3) is 0 Å². The van der Waals surface area contributed by atoms with Crippen molar-refractivity contribution >= 4 is 28.3 Å². The summed E-state index contributed by atoms with van der Waals surface area (Å²) in [6, 6.07) is 13.4. The van der Waals surface area contributed by atoms with Crippen LogP contribution >= 0.6 is 11.3 Å². The molecule has 0 bridgehead atoms. The van der Waals surface area contributed by atoms with Crippen molar-refractivity contribution in [2.24, 2.45) is 0 Å². The van der Waals surface area contributed by atoms with Gasteiger partial charge in [0.25, 0.3) is 0 Å². The molecular formula is C17H21BS. The van der Waals surface area contributed by atoms with E-state index in [1.807, 2.05) is 11.3 Å². The second-order valence-electron chi connectivity index (χ2n) is 5.75. The highest BCUT2D eigenvalue weighted by molar-refractivity contribution is 7.24. The van der Waals surface area contributed by atoms with Gasteiger partial charge in [-0.15, -0.1) is 0 Å². The van der Waals surface area contributed by atoms with Gasteiger partial charge in [-0.2, -0.15) is 11.3 Å². The number of aryl methyl sites for hydroxylation is 1. The molecule has 1 heterocycles. The lowest BCUT2D eigenvalue weighted by molar-refractivity contribution is 0.499. The molecule has 0 saturated heterocycles. The predicted octanol–water partition coefficient (Wildman–Crippen LogP) is 4.00. The number of thiophene rings is 1. The smallest absolute Gasteiger partial charge is 0.158 e. The van der Waals surface area contributed by atoms with Crippen LogP contribution in [0.3, 0.4) is 0 Å². The molecule has 0 nitrogen and oxygen atoms in total. The topological polar surface area (TPSA) is 0 Å². The molecule has 0 radical (unpaired) electrons. The Kier molecular flexibility index (Phi) is 4.07. The maximum Gasteiger partial charge on any atom is 0.225 e. The molecule has 1 aliphatic carbocycles. The van der Waals surface area contributed by atoms with Gasteiger partial charge in [-0.3, -0.25) is 0 Å². The van der Waals surface area contributed by atoms with Crippen molar-refractivity contribution in [2.75, 3.05) is 0 Å². The van der Waals surface area contributed by atoms with Crippen LogP contribution in [0.1, 0.15) is 37.7 Å². The maximum absolute atomic E-state index is 2.32. The number of rotatable bonds is 3. The number of hydrogen-bond donors (Lipinski definition) is 0. The minimum absolute atomic E-state index is 0.626. The minimum atomic E-state index is 0.626. The van der Waals surface area contributed by atoms with Gasteiger partial charge < -0.3 is 0 Å². The zero-order valence-corrected chi connectivity index (χ0v) is 12.5. The van der Waals surface area contributed by atoms with Gasteiger partial charge in [0.15, 0.2) is 0 Å². The van der Waals surface area contributed by atoms with Crippen LogP contribution in [0.2, 0.25) is 5.82 Å². The Morgan fingerprint density at radius 1 is 1.00 bits per heavy atom. The van der Waals surface area contributed by atoms with Gasteiger partial charge in [-0.1, -0.05) is 73.7 Å². The van der Waals surface area contributed by atoms with Crippen molar-refractivity contribution in [1.29, 1.82) is 0 Å². The first kappa shape index (κ1) is 13.0. The Labute approximate surface area is 121 Å². The maximum atomic E-state index is 2.32. The van der Waals surface area contributed by atoms with Gasteiger partial charge in [0, 0.05) is 0 Å². The van der Waals surface area contributed by atoms with Crippen LogP contribution in [0, 0.1) is 6.92 Å². The van der Waals surface area contributed by atoms with Crippen LogP contribution in [0.15, 0.2) is 41.8 Å². The highest BCUT2D eigenvalue weighted by atomic mass is 32.1. The molecule has 98 valence electrons. The lowest BCUT2D eigenvalue weighted by Crippen LogP contribution is -2.46. The molecule has 19 heavy (non-hydrogen) atoms. The molecule has 0 spiro atoms. The summed E-state index contributed by atoms with van der Waals surface area (Å²) in [4.78, 5) is 0. The van der Waals surface area contributed by atoms with Crippen LogP contribution in [-0.2, 0) is 0 Å². The summed E-state index contributed by atoms with van der Waals surface area (Å²) in [5.41, 5.74) is 2.99. The first-order valence-corrected chi connectivity index (χ1v) is 8.33. The molecule has 3 rings (SSSR count). The van der Waals surface area contributed by atoms with E-state index in [9.17, 15) is 0 Å². The molecule has 2 aromatic rings. The molecule has 1 aliphatic rings. The van der Waals surface area contributed by atoms with E-state index in [2.05, 4.69) is 48.7 Å². The van der Waals surface area contributed by atoms with E-state index in [1.165, 1.54) is 43.1 Å². The zero-order chi connectivity index (χ0) is 13.1. The SMILES string of the molecule is Cc1ccsc1B(c1ccccc1)C1CCCCC1. The Morgan fingerprint density at radius 3 is 2.37 bits per heavy atom. The molecule has 0 aliphatic heterocycles. The summed E-state index contributed by atoms with van der Waals surface area (Å²) in [5.74, 6) is 0.841. The van der Waals surface area contributed by atoms with Crippen LogP contribution in [0.4, 0.5) is 0 Å². The molecule has 0 N–H and O–H groups in total. The van der Waals surface area contributed by atoms with E-state index in [0.29, 0.717) is 6.71 Å². The first-order valence-electron chi connectivity index (χ1n) is 7.45. The van der Waals surface area contributed by atoms with Gasteiger partial charge in [-0.25, -0.2) is 0 Å². The minimum Gasteiger partial charge on any atom is -0.158 e. The van der Waals surface area contributed by atoms with E-state index < -0.39 is 0 Å². The second-order valence-corrected chi connectivity index (χ2v) is 6.70. The third kappa shape index (κ3) is 2.79. The summed E-state index contributed by atoms with van der Waals surface area (Å²) in [6.45, 7) is 2.89. The summed E-state index contributed by atoms with van der Waals surface area (Å²) in [5, 5.41) is 2.25. The van der Waals surface area contributed by atoms with Gasteiger partial charge >= 0.3 is 0 Å². The fourth-order valence-electron chi connectivity index (χ4n) is 3.47. The molecule has 0 atom stereocenters. The normalized spacial score (nSPS) is 16.5. The van der Waals surface area contributed by atoms with E-state index in [-0.39, 0.29) is 0 Å². The molecule has 0 amide bonds.